The summed E-state index contributed by atoms with van der Waals surface area (Å²) in [5.74, 6) is 2.38. The number of aryl methyl sites for hydroxylation is 1. The Bertz CT molecular complexity index is 991. The number of carbonyl (C=O) groups excluding carboxylic acids is 1. The molecule has 33 heavy (non-hydrogen) atoms. The van der Waals surface area contributed by atoms with Gasteiger partial charge in [0.15, 0.2) is 11.5 Å². The topological polar surface area (TPSA) is 54.9 Å². The van der Waals surface area contributed by atoms with Crippen molar-refractivity contribution in [3.8, 4) is 11.5 Å². The van der Waals surface area contributed by atoms with Crippen LogP contribution in [0.15, 0.2) is 71.8 Å². The van der Waals surface area contributed by atoms with Crippen LogP contribution in [0.3, 0.4) is 0 Å². The van der Waals surface area contributed by atoms with Crippen LogP contribution in [0, 0.1) is 6.92 Å². The molecule has 0 saturated carbocycles. The molecule has 1 aromatic heterocycles. The lowest BCUT2D eigenvalue weighted by Gasteiger charge is -2.33. The Kier molecular flexibility index (Phi) is 9.59. The Morgan fingerprint density at radius 1 is 1.00 bits per heavy atom. The summed E-state index contributed by atoms with van der Waals surface area (Å²) in [7, 11) is 3.75. The van der Waals surface area contributed by atoms with E-state index in [4.69, 9.17) is 8.92 Å². The van der Waals surface area contributed by atoms with Crippen molar-refractivity contribution in [2.75, 3.05) is 45.2 Å². The van der Waals surface area contributed by atoms with Gasteiger partial charge in [-0.2, -0.15) is 0 Å². The summed E-state index contributed by atoms with van der Waals surface area (Å²) in [4.78, 5) is 20.6. The van der Waals surface area contributed by atoms with E-state index < -0.39 is 0 Å². The van der Waals surface area contributed by atoms with Gasteiger partial charge in [0.1, 0.15) is 12.1 Å². The van der Waals surface area contributed by atoms with Crippen molar-refractivity contribution in [1.82, 2.24) is 9.88 Å². The molecule has 2 aromatic carbocycles. The standard InChI is InChI=1S/C16H16O3S.C10H15N3/c1-12-3-6-14(7-4-12)20-19-15-8-5-13(9-10-17)11-16(15)18-2;1-12-6-8-13(9-7-12)10-4-2-3-5-11-10/h3-8,10-11H,9H2,1-2H3;2-5H,6-9H2,1H3. The van der Waals surface area contributed by atoms with Crippen molar-refractivity contribution in [2.24, 2.45) is 0 Å². The van der Waals surface area contributed by atoms with Gasteiger partial charge in [-0.3, -0.25) is 0 Å². The predicted molar refractivity (Wildman–Crippen MR) is 134 cm³/mol. The molecule has 0 spiro atoms. The third kappa shape index (κ3) is 7.80. The minimum absolute atomic E-state index is 0.377. The summed E-state index contributed by atoms with van der Waals surface area (Å²) in [5.41, 5.74) is 2.12. The molecular weight excluding hydrogens is 434 g/mol. The molecular formula is C26H31N3O3S. The SMILES string of the molecule is CN1CCN(c2ccccn2)CC1.COc1cc(CC=O)ccc1OSc1ccc(C)cc1. The maximum atomic E-state index is 10.5. The number of aromatic nitrogens is 1. The molecule has 0 unspecified atom stereocenters. The van der Waals surface area contributed by atoms with E-state index in [0.29, 0.717) is 17.9 Å². The van der Waals surface area contributed by atoms with E-state index in [-0.39, 0.29) is 0 Å². The van der Waals surface area contributed by atoms with E-state index in [9.17, 15) is 4.79 Å². The lowest BCUT2D eigenvalue weighted by atomic mass is 10.1. The number of piperazine rings is 1. The van der Waals surface area contributed by atoms with Crippen LogP contribution in [0.25, 0.3) is 0 Å². The van der Waals surface area contributed by atoms with Gasteiger partial charge < -0.3 is 23.5 Å². The number of benzene rings is 2. The van der Waals surface area contributed by atoms with Crippen LogP contribution in [0.5, 0.6) is 11.5 Å². The molecule has 4 rings (SSSR count). The highest BCUT2D eigenvalue weighted by Gasteiger charge is 2.14. The van der Waals surface area contributed by atoms with Crippen LogP contribution in [0.1, 0.15) is 11.1 Å². The van der Waals surface area contributed by atoms with E-state index in [1.165, 1.54) is 17.6 Å². The van der Waals surface area contributed by atoms with Crippen molar-refractivity contribution in [3.63, 3.8) is 0 Å². The van der Waals surface area contributed by atoms with Crippen LogP contribution >= 0.6 is 12.0 Å². The number of hydrogen-bond donors (Lipinski definition) is 0. The van der Waals surface area contributed by atoms with Crippen LogP contribution in [0.2, 0.25) is 0 Å². The number of rotatable bonds is 7. The minimum Gasteiger partial charge on any atom is -0.493 e. The number of aldehydes is 1. The zero-order valence-electron chi connectivity index (χ0n) is 19.4. The third-order valence-corrected chi connectivity index (χ3v) is 6.00. The Morgan fingerprint density at radius 3 is 2.39 bits per heavy atom. The van der Waals surface area contributed by atoms with E-state index >= 15 is 0 Å². The van der Waals surface area contributed by atoms with Crippen molar-refractivity contribution >= 4 is 24.1 Å². The first-order chi connectivity index (χ1) is 16.1. The molecule has 1 fully saturated rings. The Balaban J connectivity index is 0.000000203. The van der Waals surface area contributed by atoms with Crippen molar-refractivity contribution in [3.05, 3.63) is 78.0 Å². The van der Waals surface area contributed by atoms with Crippen molar-refractivity contribution < 1.29 is 13.7 Å². The second-order valence-electron chi connectivity index (χ2n) is 7.81. The maximum Gasteiger partial charge on any atom is 0.179 e. The molecule has 6 nitrogen and oxygen atoms in total. The van der Waals surface area contributed by atoms with Gasteiger partial charge in [0, 0.05) is 43.7 Å². The average Bonchev–Trinajstić information content (AvgIpc) is 2.86. The first-order valence-corrected chi connectivity index (χ1v) is 11.7. The molecule has 0 atom stereocenters. The largest absolute Gasteiger partial charge is 0.493 e. The molecule has 0 radical (unpaired) electrons. The molecule has 0 amide bonds. The second-order valence-corrected chi connectivity index (χ2v) is 8.62. The summed E-state index contributed by atoms with van der Waals surface area (Å²) < 4.78 is 11.0. The number of ether oxygens (including phenoxy) is 1. The second kappa shape index (κ2) is 12.9. The number of methoxy groups -OCH3 is 1. The zero-order chi connectivity index (χ0) is 23.5. The monoisotopic (exact) mass is 465 g/mol. The van der Waals surface area contributed by atoms with Gasteiger partial charge in [-0.15, -0.1) is 0 Å². The molecule has 0 aliphatic carbocycles. The van der Waals surface area contributed by atoms with Gasteiger partial charge in [-0.25, -0.2) is 4.98 Å². The number of nitrogens with zero attached hydrogens (tertiary/aromatic N) is 3. The van der Waals surface area contributed by atoms with Gasteiger partial charge in [0.25, 0.3) is 0 Å². The van der Waals surface area contributed by atoms with E-state index in [2.05, 4.69) is 27.9 Å². The average molecular weight is 466 g/mol. The summed E-state index contributed by atoms with van der Waals surface area (Å²) in [6, 6.07) is 19.7. The molecule has 1 aliphatic heterocycles. The summed E-state index contributed by atoms with van der Waals surface area (Å²) in [5, 5.41) is 0. The number of pyridine rings is 1. The molecule has 7 heteroatoms. The van der Waals surface area contributed by atoms with E-state index in [1.54, 1.807) is 7.11 Å². The number of anilines is 1. The summed E-state index contributed by atoms with van der Waals surface area (Å²) >= 11 is 1.28. The summed E-state index contributed by atoms with van der Waals surface area (Å²) in [6.45, 7) is 6.50. The number of likely N-dealkylation sites (N-methyl/N-ethyl adjacent to an activating group) is 1. The first-order valence-electron chi connectivity index (χ1n) is 11.0. The van der Waals surface area contributed by atoms with Crippen molar-refractivity contribution in [2.45, 2.75) is 18.2 Å². The molecule has 3 aromatic rings. The fourth-order valence-corrected chi connectivity index (χ4v) is 3.84. The normalized spacial score (nSPS) is 13.6. The molecule has 2 heterocycles. The Morgan fingerprint density at radius 2 is 1.76 bits per heavy atom. The first kappa shape index (κ1) is 24.6. The smallest absolute Gasteiger partial charge is 0.179 e. The van der Waals surface area contributed by atoms with Gasteiger partial charge in [-0.1, -0.05) is 29.8 Å². The fourth-order valence-electron chi connectivity index (χ4n) is 3.27. The van der Waals surface area contributed by atoms with E-state index in [0.717, 1.165) is 48.7 Å². The molecule has 0 bridgehead atoms. The van der Waals surface area contributed by atoms with Gasteiger partial charge >= 0.3 is 0 Å². The number of hydrogen-bond acceptors (Lipinski definition) is 7. The van der Waals surface area contributed by atoms with Gasteiger partial charge in [0.05, 0.1) is 19.2 Å². The lowest BCUT2D eigenvalue weighted by Crippen LogP contribution is -2.44. The maximum absolute atomic E-state index is 10.5. The zero-order valence-corrected chi connectivity index (χ0v) is 20.3. The van der Waals surface area contributed by atoms with Crippen LogP contribution < -0.4 is 13.8 Å². The quantitative estimate of drug-likeness (QED) is 0.371. The fraction of sp³-hybridized carbons (Fsp3) is 0.308. The third-order valence-electron chi connectivity index (χ3n) is 5.27. The lowest BCUT2D eigenvalue weighted by molar-refractivity contribution is -0.107. The molecule has 1 saturated heterocycles. The molecule has 174 valence electrons. The van der Waals surface area contributed by atoms with Crippen LogP contribution in [0.4, 0.5) is 5.82 Å². The highest BCUT2D eigenvalue weighted by atomic mass is 32.2. The molecule has 1 aliphatic rings. The van der Waals surface area contributed by atoms with Gasteiger partial charge in [-0.05, 0) is 55.9 Å². The highest BCUT2D eigenvalue weighted by Crippen LogP contribution is 2.33. The predicted octanol–water partition coefficient (Wildman–Crippen LogP) is 4.66. The highest BCUT2D eigenvalue weighted by molar-refractivity contribution is 7.95. The Labute approximate surface area is 200 Å². The van der Waals surface area contributed by atoms with Crippen LogP contribution in [-0.2, 0) is 11.2 Å². The Hall–Kier alpha value is -3.03. The van der Waals surface area contributed by atoms with E-state index in [1.807, 2.05) is 67.7 Å². The summed E-state index contributed by atoms with van der Waals surface area (Å²) in [6.07, 6.45) is 3.10. The van der Waals surface area contributed by atoms with Gasteiger partial charge in [0.2, 0.25) is 0 Å². The minimum atomic E-state index is 0.377. The molecule has 0 N–H and O–H groups in total. The van der Waals surface area contributed by atoms with Crippen LogP contribution in [-0.4, -0.2) is 56.5 Å². The number of carbonyl (C=O) groups is 1. The van der Waals surface area contributed by atoms with Crippen molar-refractivity contribution in [1.29, 1.82) is 0 Å².